The summed E-state index contributed by atoms with van der Waals surface area (Å²) in [7, 11) is 1.36. The summed E-state index contributed by atoms with van der Waals surface area (Å²) in [5.74, 6) is -0.181. The van der Waals surface area contributed by atoms with Gasteiger partial charge in [0, 0.05) is 37.1 Å². The maximum absolute atomic E-state index is 12.0. The van der Waals surface area contributed by atoms with Crippen LogP contribution in [-0.2, 0) is 16.1 Å². The molecule has 2 aromatic heterocycles. The quantitative estimate of drug-likeness (QED) is 0.805. The van der Waals surface area contributed by atoms with Crippen molar-refractivity contribution in [2.75, 3.05) is 12.4 Å². The summed E-state index contributed by atoms with van der Waals surface area (Å²) in [5, 5.41) is 6.95. The summed E-state index contributed by atoms with van der Waals surface area (Å²) in [4.78, 5) is 30.8. The molecule has 0 radical (unpaired) electrons. The second-order valence-corrected chi connectivity index (χ2v) is 4.62. The van der Waals surface area contributed by atoms with Crippen LogP contribution in [-0.4, -0.2) is 38.7 Å². The van der Waals surface area contributed by atoms with Gasteiger partial charge in [0.2, 0.25) is 0 Å². The fourth-order valence-electron chi connectivity index (χ4n) is 1.87. The van der Waals surface area contributed by atoms with E-state index in [2.05, 4.69) is 25.1 Å². The van der Waals surface area contributed by atoms with Crippen LogP contribution >= 0.6 is 0 Å². The summed E-state index contributed by atoms with van der Waals surface area (Å²) >= 11 is 0. The van der Waals surface area contributed by atoms with Crippen LogP contribution in [0.15, 0.2) is 24.7 Å². The third kappa shape index (κ3) is 4.11. The van der Waals surface area contributed by atoms with Gasteiger partial charge in [-0.25, -0.2) is 4.98 Å². The number of esters is 1. The van der Waals surface area contributed by atoms with E-state index >= 15 is 0 Å². The molecule has 1 N–H and O–H groups in total. The number of carbonyl (C=O) groups excluding carboxylic acids is 2. The zero-order valence-electron chi connectivity index (χ0n) is 12.4. The Hall–Kier alpha value is -2.77. The maximum Gasteiger partial charge on any atom is 0.305 e. The van der Waals surface area contributed by atoms with Crippen LogP contribution in [0.2, 0.25) is 0 Å². The first-order valence-corrected chi connectivity index (χ1v) is 6.79. The second-order valence-electron chi connectivity index (χ2n) is 4.62. The van der Waals surface area contributed by atoms with Crippen molar-refractivity contribution in [1.29, 1.82) is 0 Å². The fourth-order valence-corrected chi connectivity index (χ4v) is 1.87. The number of rotatable bonds is 6. The minimum Gasteiger partial charge on any atom is -0.469 e. The summed E-state index contributed by atoms with van der Waals surface area (Å²) < 4.78 is 6.32. The van der Waals surface area contributed by atoms with Crippen LogP contribution in [0.5, 0.6) is 0 Å². The summed E-state index contributed by atoms with van der Waals surface area (Å²) in [5.41, 5.74) is 1.11. The molecule has 0 aliphatic rings. The Morgan fingerprint density at radius 2 is 2.18 bits per heavy atom. The van der Waals surface area contributed by atoms with E-state index in [0.29, 0.717) is 25.2 Å². The molecule has 0 aliphatic heterocycles. The van der Waals surface area contributed by atoms with Gasteiger partial charge in [-0.05, 0) is 13.3 Å². The number of carbonyl (C=O) groups is 2. The first-order chi connectivity index (χ1) is 10.6. The van der Waals surface area contributed by atoms with Gasteiger partial charge in [-0.15, -0.1) is 0 Å². The van der Waals surface area contributed by atoms with Crippen molar-refractivity contribution in [2.45, 2.75) is 26.3 Å². The molecule has 0 aliphatic carbocycles. The third-order valence-electron chi connectivity index (χ3n) is 3.00. The van der Waals surface area contributed by atoms with Gasteiger partial charge in [-0.2, -0.15) is 5.10 Å². The normalized spacial score (nSPS) is 10.3. The largest absolute Gasteiger partial charge is 0.469 e. The molecule has 0 aromatic carbocycles. The second kappa shape index (κ2) is 7.30. The van der Waals surface area contributed by atoms with Gasteiger partial charge in [-0.3, -0.25) is 19.3 Å². The fraction of sp³-hybridized carbons (Fsp3) is 0.357. The standard InChI is InChI=1S/C14H17N5O3/c1-10-8-12(17-14(21)11-9-15-5-6-16-11)18-19(10)7-3-4-13(20)22-2/h5-6,8-9H,3-4,7H2,1-2H3,(H,17,18,21). The first kappa shape index (κ1) is 15.6. The van der Waals surface area contributed by atoms with Crippen molar-refractivity contribution in [3.05, 3.63) is 36.0 Å². The van der Waals surface area contributed by atoms with E-state index in [4.69, 9.17) is 0 Å². The van der Waals surface area contributed by atoms with Gasteiger partial charge in [0.25, 0.3) is 5.91 Å². The van der Waals surface area contributed by atoms with E-state index < -0.39 is 0 Å². The third-order valence-corrected chi connectivity index (χ3v) is 3.00. The van der Waals surface area contributed by atoms with E-state index in [1.807, 2.05) is 6.92 Å². The lowest BCUT2D eigenvalue weighted by Gasteiger charge is -2.03. The smallest absolute Gasteiger partial charge is 0.305 e. The molecule has 0 atom stereocenters. The SMILES string of the molecule is COC(=O)CCCn1nc(NC(=O)c2cnccn2)cc1C. The number of aromatic nitrogens is 4. The highest BCUT2D eigenvalue weighted by molar-refractivity contribution is 6.02. The maximum atomic E-state index is 12.0. The minimum absolute atomic E-state index is 0.223. The molecule has 1 amide bonds. The Morgan fingerprint density at radius 1 is 1.36 bits per heavy atom. The Kier molecular flexibility index (Phi) is 5.18. The van der Waals surface area contributed by atoms with Gasteiger partial charge in [0.05, 0.1) is 13.3 Å². The number of hydrogen-bond donors (Lipinski definition) is 1. The Morgan fingerprint density at radius 3 is 2.86 bits per heavy atom. The number of nitrogens with one attached hydrogen (secondary N) is 1. The van der Waals surface area contributed by atoms with E-state index in [-0.39, 0.29) is 17.6 Å². The van der Waals surface area contributed by atoms with Crippen LogP contribution in [0.4, 0.5) is 5.82 Å². The number of aryl methyl sites for hydroxylation is 2. The average molecular weight is 303 g/mol. The molecule has 0 saturated carbocycles. The number of amides is 1. The number of methoxy groups -OCH3 is 1. The zero-order chi connectivity index (χ0) is 15.9. The highest BCUT2D eigenvalue weighted by atomic mass is 16.5. The summed E-state index contributed by atoms with van der Waals surface area (Å²) in [6, 6.07) is 1.76. The van der Waals surface area contributed by atoms with E-state index in [1.165, 1.54) is 25.7 Å². The highest BCUT2D eigenvalue weighted by Crippen LogP contribution is 2.11. The number of hydrogen-bond acceptors (Lipinski definition) is 6. The molecule has 2 rings (SSSR count). The first-order valence-electron chi connectivity index (χ1n) is 6.79. The van der Waals surface area contributed by atoms with Crippen molar-refractivity contribution in [3.8, 4) is 0 Å². The monoisotopic (exact) mass is 303 g/mol. The number of anilines is 1. The van der Waals surface area contributed by atoms with E-state index in [1.54, 1.807) is 10.7 Å². The molecule has 22 heavy (non-hydrogen) atoms. The summed E-state index contributed by atoms with van der Waals surface area (Å²) in [6.07, 6.45) is 5.28. The molecular weight excluding hydrogens is 286 g/mol. The molecule has 2 heterocycles. The molecule has 8 nitrogen and oxygen atoms in total. The molecule has 0 spiro atoms. The molecule has 8 heteroatoms. The van der Waals surface area contributed by atoms with Gasteiger partial charge >= 0.3 is 5.97 Å². The number of ether oxygens (including phenoxy) is 1. The van der Waals surface area contributed by atoms with Crippen molar-refractivity contribution in [1.82, 2.24) is 19.7 Å². The number of nitrogens with zero attached hydrogens (tertiary/aromatic N) is 4. The van der Waals surface area contributed by atoms with Crippen molar-refractivity contribution >= 4 is 17.7 Å². The van der Waals surface area contributed by atoms with Crippen LogP contribution < -0.4 is 5.32 Å². The highest BCUT2D eigenvalue weighted by Gasteiger charge is 2.11. The van der Waals surface area contributed by atoms with Crippen LogP contribution in [0.1, 0.15) is 29.0 Å². The molecule has 2 aromatic rings. The lowest BCUT2D eigenvalue weighted by molar-refractivity contribution is -0.140. The topological polar surface area (TPSA) is 99.0 Å². The van der Waals surface area contributed by atoms with Crippen LogP contribution in [0, 0.1) is 6.92 Å². The van der Waals surface area contributed by atoms with Gasteiger partial charge in [0.1, 0.15) is 5.69 Å². The van der Waals surface area contributed by atoms with Crippen molar-refractivity contribution in [2.24, 2.45) is 0 Å². The van der Waals surface area contributed by atoms with Gasteiger partial charge in [-0.1, -0.05) is 0 Å². The molecule has 116 valence electrons. The minimum atomic E-state index is -0.368. The summed E-state index contributed by atoms with van der Waals surface area (Å²) in [6.45, 7) is 2.45. The zero-order valence-corrected chi connectivity index (χ0v) is 12.4. The molecular formula is C14H17N5O3. The lowest BCUT2D eigenvalue weighted by Crippen LogP contribution is -2.14. The molecule has 0 saturated heterocycles. The molecule has 0 unspecified atom stereocenters. The van der Waals surface area contributed by atoms with Crippen LogP contribution in [0.25, 0.3) is 0 Å². The van der Waals surface area contributed by atoms with E-state index in [0.717, 1.165) is 5.69 Å². The predicted octanol–water partition coefficient (Wildman–Crippen LogP) is 1.19. The predicted molar refractivity (Wildman–Crippen MR) is 78.2 cm³/mol. The molecule has 0 fully saturated rings. The molecule has 0 bridgehead atoms. The van der Waals surface area contributed by atoms with Gasteiger partial charge < -0.3 is 10.1 Å². The Balaban J connectivity index is 1.95. The van der Waals surface area contributed by atoms with E-state index in [9.17, 15) is 9.59 Å². The lowest BCUT2D eigenvalue weighted by atomic mass is 10.3. The Bertz CT molecular complexity index is 654. The van der Waals surface area contributed by atoms with Crippen LogP contribution in [0.3, 0.4) is 0 Å². The average Bonchev–Trinajstić information content (AvgIpc) is 2.87. The van der Waals surface area contributed by atoms with Crippen molar-refractivity contribution in [3.63, 3.8) is 0 Å². The van der Waals surface area contributed by atoms with Gasteiger partial charge in [0.15, 0.2) is 5.82 Å². The Labute approximate surface area is 127 Å². The van der Waals surface area contributed by atoms with Crippen molar-refractivity contribution < 1.29 is 14.3 Å².